The minimum absolute atomic E-state index is 0.176. The average Bonchev–Trinajstić information content (AvgIpc) is 3.11. The second-order valence-electron chi connectivity index (χ2n) is 6.34. The Labute approximate surface area is 159 Å². The van der Waals surface area contributed by atoms with Crippen LogP contribution in [0.1, 0.15) is 26.3 Å². The van der Waals surface area contributed by atoms with Crippen LogP contribution in [0, 0.1) is 11.6 Å². The van der Waals surface area contributed by atoms with Gasteiger partial charge in [-0.15, -0.1) is 0 Å². The summed E-state index contributed by atoms with van der Waals surface area (Å²) in [7, 11) is 0. The largest absolute Gasteiger partial charge is 0.322 e. The summed E-state index contributed by atoms with van der Waals surface area (Å²) < 4.78 is 27.6. The Hall–Kier alpha value is -3.61. The van der Waals surface area contributed by atoms with Gasteiger partial charge in [-0.05, 0) is 48.4 Å². The van der Waals surface area contributed by atoms with Crippen LogP contribution in [-0.4, -0.2) is 23.3 Å². The zero-order valence-electron chi connectivity index (χ0n) is 14.7. The lowest BCUT2D eigenvalue weighted by Crippen LogP contribution is -2.29. The van der Waals surface area contributed by atoms with E-state index in [0.717, 1.165) is 17.7 Å². The number of amides is 2. The minimum Gasteiger partial charge on any atom is -0.322 e. The molecule has 0 bridgehead atoms. The highest BCUT2D eigenvalue weighted by Gasteiger charge is 2.26. The molecule has 28 heavy (non-hydrogen) atoms. The number of hydrogen-bond donors (Lipinski definition) is 1. The molecule has 0 saturated heterocycles. The van der Waals surface area contributed by atoms with E-state index < -0.39 is 23.1 Å². The van der Waals surface area contributed by atoms with Gasteiger partial charge in [0, 0.05) is 35.9 Å². The molecule has 0 saturated carbocycles. The van der Waals surface area contributed by atoms with Crippen LogP contribution in [0.3, 0.4) is 0 Å². The first kappa shape index (κ1) is 17.8. The van der Waals surface area contributed by atoms with Gasteiger partial charge in [0.05, 0.1) is 0 Å². The minimum atomic E-state index is -0.937. The van der Waals surface area contributed by atoms with Crippen molar-refractivity contribution in [2.75, 3.05) is 16.8 Å². The molecule has 2 amide bonds. The van der Waals surface area contributed by atoms with Crippen molar-refractivity contribution in [3.63, 3.8) is 0 Å². The topological polar surface area (TPSA) is 62.3 Å². The predicted molar refractivity (Wildman–Crippen MR) is 100 cm³/mol. The second-order valence-corrected chi connectivity index (χ2v) is 6.34. The van der Waals surface area contributed by atoms with Crippen LogP contribution < -0.4 is 10.2 Å². The quantitative estimate of drug-likeness (QED) is 0.753. The molecule has 140 valence electrons. The fraction of sp³-hybridized carbons (Fsp3) is 0.0952. The monoisotopic (exact) mass is 379 g/mol. The van der Waals surface area contributed by atoms with Crippen LogP contribution in [-0.2, 0) is 6.42 Å². The van der Waals surface area contributed by atoms with Crippen LogP contribution in [0.5, 0.6) is 0 Å². The molecule has 3 aromatic rings. The summed E-state index contributed by atoms with van der Waals surface area (Å²) in [6.45, 7) is 0.510. The van der Waals surface area contributed by atoms with E-state index in [0.29, 0.717) is 29.9 Å². The maximum atomic E-state index is 13.8. The van der Waals surface area contributed by atoms with E-state index in [4.69, 9.17) is 0 Å². The second kappa shape index (κ2) is 7.19. The Balaban J connectivity index is 1.61. The van der Waals surface area contributed by atoms with Crippen LogP contribution in [0.4, 0.5) is 20.2 Å². The molecule has 0 fully saturated rings. The van der Waals surface area contributed by atoms with Crippen LogP contribution in [0.2, 0.25) is 0 Å². The summed E-state index contributed by atoms with van der Waals surface area (Å²) in [6, 6.07) is 11.6. The molecule has 2 aromatic carbocycles. The molecular weight excluding hydrogens is 364 g/mol. The molecule has 2 heterocycles. The molecule has 7 heteroatoms. The SMILES string of the molecule is O=C(Nc1ccc2c(c1)N(C(=O)c1ccncc1)CC2)c1c(F)cccc1F. The van der Waals surface area contributed by atoms with Gasteiger partial charge in [0.2, 0.25) is 0 Å². The van der Waals surface area contributed by atoms with Gasteiger partial charge in [0.25, 0.3) is 11.8 Å². The van der Waals surface area contributed by atoms with E-state index in [1.54, 1.807) is 47.6 Å². The smallest absolute Gasteiger partial charge is 0.261 e. The van der Waals surface area contributed by atoms with E-state index in [-0.39, 0.29) is 5.91 Å². The zero-order chi connectivity index (χ0) is 19.7. The molecule has 5 nitrogen and oxygen atoms in total. The predicted octanol–water partition coefficient (Wildman–Crippen LogP) is 3.82. The van der Waals surface area contributed by atoms with E-state index in [1.165, 1.54) is 6.07 Å². The Morgan fingerprint density at radius 1 is 1.00 bits per heavy atom. The molecule has 1 aliphatic heterocycles. The summed E-state index contributed by atoms with van der Waals surface area (Å²) in [6.07, 6.45) is 3.77. The number of anilines is 2. The number of halogens is 2. The van der Waals surface area contributed by atoms with Gasteiger partial charge in [-0.25, -0.2) is 8.78 Å². The van der Waals surface area contributed by atoms with E-state index in [2.05, 4.69) is 10.3 Å². The molecular formula is C21H15F2N3O2. The fourth-order valence-corrected chi connectivity index (χ4v) is 3.23. The van der Waals surface area contributed by atoms with Crippen LogP contribution in [0.25, 0.3) is 0 Å². The number of carbonyl (C=O) groups is 2. The van der Waals surface area contributed by atoms with E-state index in [1.807, 2.05) is 0 Å². The van der Waals surface area contributed by atoms with Gasteiger partial charge < -0.3 is 10.2 Å². The number of fused-ring (bicyclic) bond motifs is 1. The normalized spacial score (nSPS) is 12.6. The third kappa shape index (κ3) is 3.22. The van der Waals surface area contributed by atoms with Crippen molar-refractivity contribution in [3.05, 3.63) is 89.2 Å². The van der Waals surface area contributed by atoms with Gasteiger partial charge in [0.15, 0.2) is 0 Å². The Morgan fingerprint density at radius 3 is 2.43 bits per heavy atom. The van der Waals surface area contributed by atoms with Crippen molar-refractivity contribution < 1.29 is 18.4 Å². The molecule has 0 atom stereocenters. The lowest BCUT2D eigenvalue weighted by atomic mass is 10.1. The van der Waals surface area contributed by atoms with Crippen molar-refractivity contribution in [2.45, 2.75) is 6.42 Å². The number of carbonyl (C=O) groups excluding carboxylic acids is 2. The molecule has 1 N–H and O–H groups in total. The van der Waals surface area contributed by atoms with Crippen molar-refractivity contribution in [2.24, 2.45) is 0 Å². The molecule has 1 aliphatic rings. The van der Waals surface area contributed by atoms with Gasteiger partial charge >= 0.3 is 0 Å². The maximum absolute atomic E-state index is 13.8. The molecule has 4 rings (SSSR count). The standard InChI is InChI=1S/C21H15F2N3O2/c22-16-2-1-3-17(23)19(16)20(27)25-15-5-4-13-8-11-26(18(13)12-15)21(28)14-6-9-24-10-7-14/h1-7,9-10,12H,8,11H2,(H,25,27). The summed E-state index contributed by atoms with van der Waals surface area (Å²) in [5.41, 5.74) is 1.82. The first-order chi connectivity index (χ1) is 13.5. The Morgan fingerprint density at radius 2 is 1.71 bits per heavy atom. The first-order valence-electron chi connectivity index (χ1n) is 8.65. The average molecular weight is 379 g/mol. The molecule has 0 unspecified atom stereocenters. The highest BCUT2D eigenvalue weighted by Crippen LogP contribution is 2.32. The maximum Gasteiger partial charge on any atom is 0.261 e. The van der Waals surface area contributed by atoms with Crippen LogP contribution in [0.15, 0.2) is 60.9 Å². The third-order valence-corrected chi connectivity index (χ3v) is 4.60. The van der Waals surface area contributed by atoms with Gasteiger partial charge in [-0.3, -0.25) is 14.6 Å². The summed E-state index contributed by atoms with van der Waals surface area (Å²) in [5.74, 6) is -2.94. The number of hydrogen-bond acceptors (Lipinski definition) is 3. The lowest BCUT2D eigenvalue weighted by Gasteiger charge is -2.18. The molecule has 0 radical (unpaired) electrons. The molecule has 1 aromatic heterocycles. The number of benzene rings is 2. The number of nitrogens with one attached hydrogen (secondary N) is 1. The highest BCUT2D eigenvalue weighted by molar-refractivity contribution is 6.08. The fourth-order valence-electron chi connectivity index (χ4n) is 3.23. The van der Waals surface area contributed by atoms with Gasteiger partial charge in [-0.1, -0.05) is 12.1 Å². The molecule has 0 aliphatic carbocycles. The van der Waals surface area contributed by atoms with E-state index >= 15 is 0 Å². The number of rotatable bonds is 3. The Bertz CT molecular complexity index is 1050. The van der Waals surface area contributed by atoms with Crippen molar-refractivity contribution in [1.29, 1.82) is 0 Å². The van der Waals surface area contributed by atoms with Gasteiger partial charge in [0.1, 0.15) is 17.2 Å². The van der Waals surface area contributed by atoms with Crippen LogP contribution >= 0.6 is 0 Å². The molecule has 0 spiro atoms. The number of nitrogens with zero attached hydrogens (tertiary/aromatic N) is 2. The lowest BCUT2D eigenvalue weighted by molar-refractivity contribution is 0.0987. The highest BCUT2D eigenvalue weighted by atomic mass is 19.1. The van der Waals surface area contributed by atoms with Gasteiger partial charge in [-0.2, -0.15) is 0 Å². The first-order valence-corrected chi connectivity index (χ1v) is 8.65. The zero-order valence-corrected chi connectivity index (χ0v) is 14.7. The van der Waals surface area contributed by atoms with E-state index in [9.17, 15) is 18.4 Å². The summed E-state index contributed by atoms with van der Waals surface area (Å²) >= 11 is 0. The summed E-state index contributed by atoms with van der Waals surface area (Å²) in [4.78, 5) is 30.6. The third-order valence-electron chi connectivity index (χ3n) is 4.60. The summed E-state index contributed by atoms with van der Waals surface area (Å²) in [5, 5.41) is 2.50. The Kier molecular flexibility index (Phi) is 4.57. The van der Waals surface area contributed by atoms with Crippen molar-refractivity contribution in [1.82, 2.24) is 4.98 Å². The number of aromatic nitrogens is 1. The van der Waals surface area contributed by atoms with Crippen molar-refractivity contribution >= 4 is 23.2 Å². The number of pyridine rings is 1. The van der Waals surface area contributed by atoms with Crippen molar-refractivity contribution in [3.8, 4) is 0 Å².